The lowest BCUT2D eigenvalue weighted by Gasteiger charge is -2.21. The van der Waals surface area contributed by atoms with Crippen LogP contribution in [0.2, 0.25) is 0 Å². The van der Waals surface area contributed by atoms with Gasteiger partial charge in [-0.15, -0.1) is 0 Å². The lowest BCUT2D eigenvalue weighted by atomic mass is 10.1. The summed E-state index contributed by atoms with van der Waals surface area (Å²) in [5.74, 6) is -16.3. The molecule has 1 rings (SSSR count). The van der Waals surface area contributed by atoms with Crippen LogP contribution in [-0.2, 0) is 16.0 Å². The second-order valence-electron chi connectivity index (χ2n) is 3.96. The van der Waals surface area contributed by atoms with E-state index in [9.17, 15) is 27.2 Å². The van der Waals surface area contributed by atoms with Crippen molar-refractivity contribution in [2.24, 2.45) is 0 Å². The monoisotopic (exact) mass is 293 g/mol. The number of nitrogens with one attached hydrogen (secondary N) is 1. The summed E-state index contributed by atoms with van der Waals surface area (Å²) in [7, 11) is 0. The fraction of sp³-hybridized carbons (Fsp3) is 0.333. The first-order chi connectivity index (χ1) is 9.12. The van der Waals surface area contributed by atoms with Crippen LogP contribution in [0.1, 0.15) is 12.5 Å². The first-order valence-corrected chi connectivity index (χ1v) is 5.52. The molecule has 8 heteroatoms. The summed E-state index contributed by atoms with van der Waals surface area (Å²) in [5.41, 5.74) is 0.721. The van der Waals surface area contributed by atoms with Crippen LogP contribution >= 0.6 is 0 Å². The van der Waals surface area contributed by atoms with E-state index in [0.29, 0.717) is 6.42 Å². The van der Waals surface area contributed by atoms with Gasteiger partial charge in [0.05, 0.1) is 0 Å². The number of carboxylic acid groups (broad SMARTS) is 1. The van der Waals surface area contributed by atoms with Crippen molar-refractivity contribution in [3.8, 4) is 0 Å². The number of anilines is 1. The number of benzene rings is 1. The molecular weight excluding hydrogens is 282 g/mol. The molecule has 0 unspecified atom stereocenters. The summed E-state index contributed by atoms with van der Waals surface area (Å²) in [5, 5.41) is 9.61. The third-order valence-corrected chi connectivity index (χ3v) is 2.57. The Hall–Kier alpha value is -2.12. The quantitative estimate of drug-likeness (QED) is 0.820. The van der Waals surface area contributed by atoms with Crippen LogP contribution in [0.15, 0.2) is 24.3 Å². The molecule has 4 nitrogen and oxygen atoms in total. The molecule has 0 aliphatic carbocycles. The van der Waals surface area contributed by atoms with Crippen LogP contribution in [0.4, 0.5) is 23.2 Å². The Labute approximate surface area is 111 Å². The van der Waals surface area contributed by atoms with Crippen molar-refractivity contribution in [3.63, 3.8) is 0 Å². The van der Waals surface area contributed by atoms with E-state index < -0.39 is 23.7 Å². The van der Waals surface area contributed by atoms with Gasteiger partial charge in [-0.3, -0.25) is 4.79 Å². The van der Waals surface area contributed by atoms with E-state index in [0.717, 1.165) is 5.56 Å². The Bertz CT molecular complexity index is 514. The van der Waals surface area contributed by atoms with Crippen LogP contribution < -0.4 is 5.32 Å². The molecule has 0 fully saturated rings. The molecule has 0 atom stereocenters. The highest BCUT2D eigenvalue weighted by molar-refractivity contribution is 6.00. The Morgan fingerprint density at radius 1 is 1.10 bits per heavy atom. The topological polar surface area (TPSA) is 66.4 Å². The molecule has 0 spiro atoms. The number of carbonyl (C=O) groups excluding carboxylic acids is 1. The van der Waals surface area contributed by atoms with Crippen molar-refractivity contribution >= 4 is 17.6 Å². The minimum absolute atomic E-state index is 0.131. The second kappa shape index (κ2) is 5.48. The van der Waals surface area contributed by atoms with Crippen LogP contribution in [0.5, 0.6) is 0 Å². The second-order valence-corrected chi connectivity index (χ2v) is 3.96. The molecule has 1 aromatic carbocycles. The molecule has 0 saturated heterocycles. The van der Waals surface area contributed by atoms with Crippen molar-refractivity contribution in [2.45, 2.75) is 25.2 Å². The lowest BCUT2D eigenvalue weighted by molar-refractivity contribution is -0.219. The largest absolute Gasteiger partial charge is 0.477 e. The number of halogens is 4. The number of aliphatic carboxylic acids is 1. The van der Waals surface area contributed by atoms with Crippen molar-refractivity contribution in [1.82, 2.24) is 0 Å². The van der Waals surface area contributed by atoms with E-state index in [2.05, 4.69) is 0 Å². The summed E-state index contributed by atoms with van der Waals surface area (Å²) in [6.45, 7) is 1.84. The van der Waals surface area contributed by atoms with Gasteiger partial charge in [0, 0.05) is 5.69 Å². The molecule has 1 aromatic rings. The standard InChI is InChI=1S/C12H11F4NO3/c1-2-7-3-5-8(6-4-7)17-9(18)11(13,14)12(15,16)10(19)20/h3-6H,2H2,1H3,(H,17,18)(H,19,20). The molecule has 20 heavy (non-hydrogen) atoms. The van der Waals surface area contributed by atoms with Gasteiger partial charge < -0.3 is 10.4 Å². The fourth-order valence-electron chi connectivity index (χ4n) is 1.31. The Kier molecular flexibility index (Phi) is 4.36. The molecule has 1 amide bonds. The van der Waals surface area contributed by atoms with E-state index in [-0.39, 0.29) is 5.69 Å². The summed E-state index contributed by atoms with van der Waals surface area (Å²) >= 11 is 0. The van der Waals surface area contributed by atoms with Gasteiger partial charge in [-0.05, 0) is 24.1 Å². The number of hydrogen-bond donors (Lipinski definition) is 2. The maximum atomic E-state index is 13.1. The number of amides is 1. The van der Waals surface area contributed by atoms with Crippen molar-refractivity contribution < 1.29 is 32.3 Å². The number of aryl methyl sites for hydroxylation is 1. The van der Waals surface area contributed by atoms with Gasteiger partial charge >= 0.3 is 23.7 Å². The van der Waals surface area contributed by atoms with Crippen molar-refractivity contribution in [1.29, 1.82) is 0 Å². The molecule has 0 aliphatic heterocycles. The molecule has 0 heterocycles. The van der Waals surface area contributed by atoms with Gasteiger partial charge in [0.2, 0.25) is 0 Å². The van der Waals surface area contributed by atoms with Crippen LogP contribution in [-0.4, -0.2) is 28.8 Å². The summed E-state index contributed by atoms with van der Waals surface area (Å²) < 4.78 is 51.8. The number of carbonyl (C=O) groups is 2. The van der Waals surface area contributed by atoms with Crippen molar-refractivity contribution in [2.75, 3.05) is 5.32 Å². The SMILES string of the molecule is CCc1ccc(NC(=O)C(F)(F)C(F)(F)C(=O)O)cc1. The van der Waals surface area contributed by atoms with Gasteiger partial charge in [0.1, 0.15) is 0 Å². The Balaban J connectivity index is 2.91. The summed E-state index contributed by atoms with van der Waals surface area (Å²) in [4.78, 5) is 21.2. The molecule has 0 aliphatic rings. The predicted molar refractivity (Wildman–Crippen MR) is 62.0 cm³/mol. The number of alkyl halides is 4. The minimum Gasteiger partial charge on any atom is -0.477 e. The smallest absolute Gasteiger partial charge is 0.413 e. The fourth-order valence-corrected chi connectivity index (χ4v) is 1.31. The third kappa shape index (κ3) is 2.89. The summed E-state index contributed by atoms with van der Waals surface area (Å²) in [6.07, 6.45) is 0.668. The molecule has 2 N–H and O–H groups in total. The number of rotatable bonds is 5. The van der Waals surface area contributed by atoms with Gasteiger partial charge in [-0.1, -0.05) is 19.1 Å². The maximum Gasteiger partial charge on any atom is 0.413 e. The van der Waals surface area contributed by atoms with Gasteiger partial charge in [0.25, 0.3) is 0 Å². The van der Waals surface area contributed by atoms with E-state index in [4.69, 9.17) is 5.11 Å². The highest BCUT2D eigenvalue weighted by Gasteiger charge is 2.67. The molecule has 0 aromatic heterocycles. The maximum absolute atomic E-state index is 13.1. The first-order valence-electron chi connectivity index (χ1n) is 5.52. The molecule has 0 radical (unpaired) electrons. The Morgan fingerprint density at radius 3 is 2.00 bits per heavy atom. The molecule has 0 bridgehead atoms. The average molecular weight is 293 g/mol. The summed E-state index contributed by atoms with van der Waals surface area (Å²) in [6, 6.07) is 5.55. The molecule has 0 saturated carbocycles. The normalized spacial score (nSPS) is 12.1. The zero-order chi connectivity index (χ0) is 15.6. The average Bonchev–Trinajstić information content (AvgIpc) is 2.39. The number of carboxylic acids is 1. The molecular formula is C12H11F4NO3. The van der Waals surface area contributed by atoms with E-state index in [1.54, 1.807) is 5.32 Å². The van der Waals surface area contributed by atoms with E-state index in [1.165, 1.54) is 24.3 Å². The highest BCUT2D eigenvalue weighted by atomic mass is 19.3. The zero-order valence-corrected chi connectivity index (χ0v) is 10.3. The van der Waals surface area contributed by atoms with Crippen LogP contribution in [0.3, 0.4) is 0 Å². The zero-order valence-electron chi connectivity index (χ0n) is 10.3. The van der Waals surface area contributed by atoms with Gasteiger partial charge in [-0.25, -0.2) is 4.79 Å². The first kappa shape index (κ1) is 15.9. The van der Waals surface area contributed by atoms with Crippen molar-refractivity contribution in [3.05, 3.63) is 29.8 Å². The predicted octanol–water partition coefficient (Wildman–Crippen LogP) is 2.54. The Morgan fingerprint density at radius 2 is 1.60 bits per heavy atom. The highest BCUT2D eigenvalue weighted by Crippen LogP contribution is 2.35. The van der Waals surface area contributed by atoms with Crippen LogP contribution in [0.25, 0.3) is 0 Å². The third-order valence-electron chi connectivity index (χ3n) is 2.57. The van der Waals surface area contributed by atoms with Gasteiger partial charge in [-0.2, -0.15) is 17.6 Å². The van der Waals surface area contributed by atoms with Crippen LogP contribution in [0, 0.1) is 0 Å². The van der Waals surface area contributed by atoms with E-state index in [1.807, 2.05) is 6.92 Å². The van der Waals surface area contributed by atoms with E-state index >= 15 is 0 Å². The number of hydrogen-bond acceptors (Lipinski definition) is 2. The molecule has 110 valence electrons. The lowest BCUT2D eigenvalue weighted by Crippen LogP contribution is -2.54. The van der Waals surface area contributed by atoms with Gasteiger partial charge in [0.15, 0.2) is 0 Å². The minimum atomic E-state index is -5.49.